The lowest BCUT2D eigenvalue weighted by molar-refractivity contribution is -0.139. The standard InChI is InChI=1S/C22H32BrF3O4S/c1-2-3-4-5-6-7-8-9-12-30-20-15-17(14-19(20)27)31(28,29)21-11-10-16(23)13-18(21)22(24,25)26/h10-11,13,17,19-20,27H,2-9,12,14-15H2,1H3/t17-,19-,20-/m0/s1. The summed E-state index contributed by atoms with van der Waals surface area (Å²) in [4.78, 5) is -0.746. The molecule has 2 rings (SSSR count). The van der Waals surface area contributed by atoms with Crippen molar-refractivity contribution in [2.24, 2.45) is 0 Å². The van der Waals surface area contributed by atoms with Gasteiger partial charge in [-0.2, -0.15) is 13.2 Å². The number of unbranched alkanes of at least 4 members (excludes halogenated alkanes) is 7. The Kier molecular flexibility index (Phi) is 10.3. The topological polar surface area (TPSA) is 63.6 Å². The highest BCUT2D eigenvalue weighted by molar-refractivity contribution is 9.10. The number of ether oxygens (including phenoxy) is 1. The van der Waals surface area contributed by atoms with Gasteiger partial charge in [-0.3, -0.25) is 0 Å². The van der Waals surface area contributed by atoms with E-state index in [9.17, 15) is 26.7 Å². The van der Waals surface area contributed by atoms with Gasteiger partial charge < -0.3 is 9.84 Å². The number of rotatable bonds is 12. The quantitative estimate of drug-likeness (QED) is 0.323. The summed E-state index contributed by atoms with van der Waals surface area (Å²) in [6.45, 7) is 2.59. The molecule has 1 saturated carbocycles. The lowest BCUT2D eigenvalue weighted by atomic mass is 10.1. The fourth-order valence-electron chi connectivity index (χ4n) is 3.99. The molecular weight excluding hydrogens is 497 g/mol. The number of hydrogen-bond acceptors (Lipinski definition) is 4. The Balaban J connectivity index is 1.89. The summed E-state index contributed by atoms with van der Waals surface area (Å²) in [5.41, 5.74) is -1.19. The van der Waals surface area contributed by atoms with E-state index in [1.165, 1.54) is 38.2 Å². The zero-order chi connectivity index (χ0) is 23.1. The van der Waals surface area contributed by atoms with Crippen molar-refractivity contribution in [1.29, 1.82) is 0 Å². The zero-order valence-corrected chi connectivity index (χ0v) is 20.2. The number of halogens is 4. The summed E-state index contributed by atoms with van der Waals surface area (Å²) >= 11 is 2.97. The minimum atomic E-state index is -4.80. The zero-order valence-electron chi connectivity index (χ0n) is 17.8. The number of aliphatic hydroxyl groups excluding tert-OH is 1. The van der Waals surface area contributed by atoms with Gasteiger partial charge in [0.1, 0.15) is 0 Å². The van der Waals surface area contributed by atoms with Crippen molar-refractivity contribution >= 4 is 25.8 Å². The van der Waals surface area contributed by atoms with Crippen molar-refractivity contribution in [3.8, 4) is 0 Å². The van der Waals surface area contributed by atoms with Crippen LogP contribution in [0.25, 0.3) is 0 Å². The maximum Gasteiger partial charge on any atom is 0.417 e. The fourth-order valence-corrected chi connectivity index (χ4v) is 6.34. The van der Waals surface area contributed by atoms with Crippen molar-refractivity contribution < 1.29 is 31.4 Å². The highest BCUT2D eigenvalue weighted by atomic mass is 79.9. The summed E-state index contributed by atoms with van der Waals surface area (Å²) in [5, 5.41) is 9.14. The second-order valence-corrected chi connectivity index (χ2v) is 11.3. The minimum Gasteiger partial charge on any atom is -0.390 e. The summed E-state index contributed by atoms with van der Waals surface area (Å²) in [6, 6.07) is 3.03. The average molecular weight is 529 g/mol. The molecule has 1 aliphatic carbocycles. The van der Waals surface area contributed by atoms with E-state index < -0.39 is 43.9 Å². The van der Waals surface area contributed by atoms with Crippen LogP contribution in [0.3, 0.4) is 0 Å². The molecule has 0 spiro atoms. The van der Waals surface area contributed by atoms with Crippen LogP contribution in [0.2, 0.25) is 0 Å². The van der Waals surface area contributed by atoms with Crippen LogP contribution in [-0.4, -0.2) is 37.6 Å². The van der Waals surface area contributed by atoms with Crippen LogP contribution in [0.4, 0.5) is 13.2 Å². The van der Waals surface area contributed by atoms with Gasteiger partial charge in [0.2, 0.25) is 0 Å². The molecule has 31 heavy (non-hydrogen) atoms. The summed E-state index contributed by atoms with van der Waals surface area (Å²) in [6.07, 6.45) is 2.48. The Bertz CT molecular complexity index is 798. The molecule has 1 aromatic rings. The molecule has 0 radical (unpaired) electrons. The lowest BCUT2D eigenvalue weighted by Crippen LogP contribution is -2.24. The van der Waals surface area contributed by atoms with Crippen LogP contribution in [0.1, 0.15) is 76.7 Å². The maximum absolute atomic E-state index is 13.4. The van der Waals surface area contributed by atoms with Gasteiger partial charge in [-0.05, 0) is 37.5 Å². The van der Waals surface area contributed by atoms with E-state index in [2.05, 4.69) is 22.9 Å². The van der Waals surface area contributed by atoms with Crippen LogP contribution in [0.5, 0.6) is 0 Å². The van der Waals surface area contributed by atoms with Gasteiger partial charge in [0.05, 0.1) is 27.9 Å². The van der Waals surface area contributed by atoms with Crippen LogP contribution in [0.15, 0.2) is 27.6 Å². The molecule has 1 fully saturated rings. The Hall–Kier alpha value is -0.640. The first-order chi connectivity index (χ1) is 14.6. The van der Waals surface area contributed by atoms with Crippen LogP contribution < -0.4 is 0 Å². The van der Waals surface area contributed by atoms with Crippen molar-refractivity contribution in [1.82, 2.24) is 0 Å². The minimum absolute atomic E-state index is 0.00607. The predicted octanol–water partition coefficient (Wildman–Crippen LogP) is 6.29. The smallest absolute Gasteiger partial charge is 0.390 e. The molecule has 1 aliphatic rings. The molecule has 0 unspecified atom stereocenters. The molecule has 4 nitrogen and oxygen atoms in total. The molecule has 1 N–H and O–H groups in total. The summed E-state index contributed by atoms with van der Waals surface area (Å²) in [7, 11) is -4.27. The van der Waals surface area contributed by atoms with Crippen LogP contribution in [-0.2, 0) is 20.8 Å². The van der Waals surface area contributed by atoms with Crippen molar-refractivity contribution in [2.75, 3.05) is 6.61 Å². The molecule has 0 aliphatic heterocycles. The van der Waals surface area contributed by atoms with E-state index in [1.54, 1.807) is 0 Å². The van der Waals surface area contributed by atoms with Crippen LogP contribution >= 0.6 is 15.9 Å². The van der Waals surface area contributed by atoms with E-state index in [4.69, 9.17) is 4.74 Å². The second-order valence-electron chi connectivity index (χ2n) is 8.23. The highest BCUT2D eigenvalue weighted by Crippen LogP contribution is 2.40. The molecule has 0 bridgehead atoms. The van der Waals surface area contributed by atoms with Gasteiger partial charge in [0.15, 0.2) is 9.84 Å². The second kappa shape index (κ2) is 12.0. The van der Waals surface area contributed by atoms with Gasteiger partial charge in [-0.15, -0.1) is 0 Å². The number of benzene rings is 1. The van der Waals surface area contributed by atoms with E-state index >= 15 is 0 Å². The average Bonchev–Trinajstić information content (AvgIpc) is 3.07. The normalized spacial score (nSPS) is 22.2. The summed E-state index contributed by atoms with van der Waals surface area (Å²) < 4.78 is 71.9. The molecule has 0 amide bonds. The largest absolute Gasteiger partial charge is 0.417 e. The van der Waals surface area contributed by atoms with E-state index in [-0.39, 0.29) is 17.3 Å². The highest BCUT2D eigenvalue weighted by Gasteiger charge is 2.45. The van der Waals surface area contributed by atoms with Gasteiger partial charge in [-0.25, -0.2) is 8.42 Å². The fraction of sp³-hybridized carbons (Fsp3) is 0.727. The first-order valence-corrected chi connectivity index (χ1v) is 13.3. The van der Waals surface area contributed by atoms with E-state index in [0.717, 1.165) is 31.4 Å². The Morgan fingerprint density at radius 1 is 1.06 bits per heavy atom. The molecule has 9 heteroatoms. The third-order valence-electron chi connectivity index (χ3n) is 5.75. The van der Waals surface area contributed by atoms with E-state index in [0.29, 0.717) is 6.61 Å². The lowest BCUT2D eigenvalue weighted by Gasteiger charge is -2.17. The third kappa shape index (κ3) is 7.72. The van der Waals surface area contributed by atoms with Gasteiger partial charge in [0.25, 0.3) is 0 Å². The number of aliphatic hydroxyl groups is 1. The predicted molar refractivity (Wildman–Crippen MR) is 118 cm³/mol. The van der Waals surface area contributed by atoms with Crippen molar-refractivity contribution in [3.05, 3.63) is 28.2 Å². The summed E-state index contributed by atoms with van der Waals surface area (Å²) in [5.74, 6) is 0. The first kappa shape index (κ1) is 26.6. The van der Waals surface area contributed by atoms with Crippen molar-refractivity contribution in [3.63, 3.8) is 0 Å². The molecule has 0 saturated heterocycles. The molecular formula is C22H32BrF3O4S. The van der Waals surface area contributed by atoms with Crippen LogP contribution in [0, 0.1) is 0 Å². The number of hydrogen-bond donors (Lipinski definition) is 1. The number of alkyl halides is 3. The monoisotopic (exact) mass is 528 g/mol. The van der Waals surface area contributed by atoms with E-state index in [1.807, 2.05) is 0 Å². The van der Waals surface area contributed by atoms with Gasteiger partial charge in [0, 0.05) is 11.1 Å². The van der Waals surface area contributed by atoms with Crippen molar-refractivity contribution in [2.45, 2.75) is 99.7 Å². The Labute approximate surface area is 191 Å². The first-order valence-electron chi connectivity index (χ1n) is 11.0. The van der Waals surface area contributed by atoms with Gasteiger partial charge in [-0.1, -0.05) is 67.8 Å². The molecule has 178 valence electrons. The Morgan fingerprint density at radius 2 is 1.68 bits per heavy atom. The molecule has 0 aromatic heterocycles. The Morgan fingerprint density at radius 3 is 2.29 bits per heavy atom. The maximum atomic E-state index is 13.4. The van der Waals surface area contributed by atoms with Gasteiger partial charge >= 0.3 is 6.18 Å². The molecule has 3 atom stereocenters. The molecule has 0 heterocycles. The molecule has 1 aromatic carbocycles. The number of sulfone groups is 1. The SMILES string of the molecule is CCCCCCCCCCO[C@H]1C[C@@H](S(=O)(=O)c2ccc(Br)cc2C(F)(F)F)C[C@@H]1O. The third-order valence-corrected chi connectivity index (χ3v) is 8.48.